The van der Waals surface area contributed by atoms with Crippen LogP contribution in [0, 0.1) is 0 Å². The van der Waals surface area contributed by atoms with Gasteiger partial charge in [-0.25, -0.2) is 23.4 Å². The quantitative estimate of drug-likeness (QED) is 0.795. The third-order valence-electron chi connectivity index (χ3n) is 4.26. The highest BCUT2D eigenvalue weighted by atomic mass is 32.2. The molecule has 134 valence electrons. The molecular formula is C16H22N6O2S. The van der Waals surface area contributed by atoms with Gasteiger partial charge >= 0.3 is 0 Å². The summed E-state index contributed by atoms with van der Waals surface area (Å²) in [6, 6.07) is 5.51. The lowest BCUT2D eigenvalue weighted by Gasteiger charge is -2.26. The molecule has 2 N–H and O–H groups in total. The smallest absolute Gasteiger partial charge is 0.177 e. The second-order valence-corrected chi connectivity index (χ2v) is 8.05. The van der Waals surface area contributed by atoms with Gasteiger partial charge < -0.3 is 15.5 Å². The van der Waals surface area contributed by atoms with Crippen LogP contribution in [0.25, 0.3) is 0 Å². The van der Waals surface area contributed by atoms with Gasteiger partial charge in [0, 0.05) is 44.7 Å². The molecule has 0 bridgehead atoms. The van der Waals surface area contributed by atoms with E-state index >= 15 is 0 Å². The van der Waals surface area contributed by atoms with Crippen LogP contribution in [0.5, 0.6) is 0 Å². The number of nitrogens with one attached hydrogen (secondary N) is 2. The van der Waals surface area contributed by atoms with Gasteiger partial charge in [0.25, 0.3) is 0 Å². The highest BCUT2D eigenvalue weighted by molar-refractivity contribution is 7.90. The van der Waals surface area contributed by atoms with E-state index in [-0.39, 0.29) is 4.90 Å². The largest absolute Gasteiger partial charge is 0.373 e. The molecule has 3 heterocycles. The number of nitrogens with zero attached hydrogens (tertiary/aromatic N) is 4. The molecular weight excluding hydrogens is 340 g/mol. The molecule has 0 aliphatic carbocycles. The van der Waals surface area contributed by atoms with Crippen LogP contribution in [0.4, 0.5) is 17.5 Å². The van der Waals surface area contributed by atoms with Crippen molar-refractivity contribution < 1.29 is 8.42 Å². The summed E-state index contributed by atoms with van der Waals surface area (Å²) in [4.78, 5) is 15.2. The molecule has 1 aliphatic heterocycles. The number of hydrogen-bond donors (Lipinski definition) is 2. The summed E-state index contributed by atoms with van der Waals surface area (Å²) in [5, 5.41) is 6.32. The Morgan fingerprint density at radius 2 is 2.08 bits per heavy atom. The van der Waals surface area contributed by atoms with Crippen molar-refractivity contribution in [2.75, 3.05) is 41.9 Å². The zero-order chi connectivity index (χ0) is 17.9. The predicted octanol–water partition coefficient (Wildman–Crippen LogP) is 1.40. The van der Waals surface area contributed by atoms with E-state index in [0.29, 0.717) is 18.4 Å². The van der Waals surface area contributed by atoms with Crippen LogP contribution in [-0.2, 0) is 9.84 Å². The topological polar surface area (TPSA) is 100 Å². The number of sulfone groups is 1. The summed E-state index contributed by atoms with van der Waals surface area (Å²) in [5.74, 6) is 2.36. The van der Waals surface area contributed by atoms with Crippen LogP contribution in [0.1, 0.15) is 12.8 Å². The van der Waals surface area contributed by atoms with Crippen LogP contribution >= 0.6 is 0 Å². The minimum Gasteiger partial charge on any atom is -0.373 e. The number of pyridine rings is 1. The first-order valence-corrected chi connectivity index (χ1v) is 10.0. The van der Waals surface area contributed by atoms with Crippen molar-refractivity contribution in [3.63, 3.8) is 0 Å². The minimum absolute atomic E-state index is 0.223. The minimum atomic E-state index is -3.22. The molecule has 1 unspecified atom stereocenters. The monoisotopic (exact) mass is 362 g/mol. The van der Waals surface area contributed by atoms with Gasteiger partial charge in [0.2, 0.25) is 0 Å². The zero-order valence-corrected chi connectivity index (χ0v) is 15.1. The van der Waals surface area contributed by atoms with E-state index in [1.807, 2.05) is 13.1 Å². The fraction of sp³-hybridized carbons (Fsp3) is 0.438. The lowest BCUT2D eigenvalue weighted by molar-refractivity contribution is 0.601. The zero-order valence-electron chi connectivity index (χ0n) is 14.3. The Morgan fingerprint density at radius 3 is 2.76 bits per heavy atom. The molecule has 8 nitrogen and oxygen atoms in total. The van der Waals surface area contributed by atoms with Gasteiger partial charge in [0.15, 0.2) is 9.84 Å². The van der Waals surface area contributed by atoms with E-state index in [1.54, 1.807) is 18.5 Å². The maximum Gasteiger partial charge on any atom is 0.177 e. The average Bonchev–Trinajstić information content (AvgIpc) is 3.08. The van der Waals surface area contributed by atoms with E-state index in [1.165, 1.54) is 12.5 Å². The summed E-state index contributed by atoms with van der Waals surface area (Å²) in [5.41, 5.74) is 0. The Hall–Kier alpha value is -2.42. The van der Waals surface area contributed by atoms with Crippen LogP contribution < -0.4 is 15.5 Å². The maximum absolute atomic E-state index is 11.5. The standard InChI is InChI=1S/C16H22N6O2S/c1-17-15-8-16(21-11-20-15)22-7-3-4-12(22)9-18-14-6-5-13(10-19-14)25(2,23)24/h5-6,8,10-12H,3-4,7,9H2,1-2H3,(H,18,19)(H,17,20,21). The first-order chi connectivity index (χ1) is 12.0. The Kier molecular flexibility index (Phi) is 5.03. The Labute approximate surface area is 147 Å². The van der Waals surface area contributed by atoms with E-state index in [0.717, 1.165) is 31.0 Å². The summed E-state index contributed by atoms with van der Waals surface area (Å²) in [6.45, 7) is 1.66. The van der Waals surface area contributed by atoms with E-state index in [4.69, 9.17) is 0 Å². The summed E-state index contributed by atoms with van der Waals surface area (Å²) < 4.78 is 23.0. The first-order valence-electron chi connectivity index (χ1n) is 8.14. The highest BCUT2D eigenvalue weighted by Gasteiger charge is 2.25. The van der Waals surface area contributed by atoms with Crippen LogP contribution in [0.2, 0.25) is 0 Å². The summed E-state index contributed by atoms with van der Waals surface area (Å²) >= 11 is 0. The normalized spacial score (nSPS) is 17.5. The molecule has 0 saturated carbocycles. The molecule has 1 aliphatic rings. The molecule has 0 aromatic carbocycles. The molecule has 25 heavy (non-hydrogen) atoms. The van der Waals surface area contributed by atoms with Gasteiger partial charge in [-0.3, -0.25) is 0 Å². The average molecular weight is 362 g/mol. The molecule has 1 atom stereocenters. The van der Waals surface area contributed by atoms with Gasteiger partial charge in [0.05, 0.1) is 4.90 Å². The number of hydrogen-bond acceptors (Lipinski definition) is 8. The van der Waals surface area contributed by atoms with Crippen LogP contribution in [0.15, 0.2) is 35.6 Å². The van der Waals surface area contributed by atoms with Crippen molar-refractivity contribution in [2.24, 2.45) is 0 Å². The SMILES string of the molecule is CNc1cc(N2CCCC2CNc2ccc(S(C)(=O)=O)cn2)ncn1. The molecule has 1 saturated heterocycles. The second kappa shape index (κ2) is 7.22. The van der Waals surface area contributed by atoms with Crippen molar-refractivity contribution in [1.29, 1.82) is 0 Å². The molecule has 2 aromatic rings. The van der Waals surface area contributed by atoms with Gasteiger partial charge in [-0.15, -0.1) is 0 Å². The third-order valence-corrected chi connectivity index (χ3v) is 5.36. The molecule has 0 radical (unpaired) electrons. The van der Waals surface area contributed by atoms with E-state index < -0.39 is 9.84 Å². The van der Waals surface area contributed by atoms with Crippen molar-refractivity contribution in [2.45, 2.75) is 23.8 Å². The Balaban J connectivity index is 1.65. The lowest BCUT2D eigenvalue weighted by Crippen LogP contribution is -2.35. The van der Waals surface area contributed by atoms with Gasteiger partial charge in [-0.2, -0.15) is 0 Å². The number of rotatable bonds is 6. The van der Waals surface area contributed by atoms with E-state index in [2.05, 4.69) is 30.5 Å². The Morgan fingerprint density at radius 1 is 1.24 bits per heavy atom. The van der Waals surface area contributed by atoms with Crippen LogP contribution in [-0.4, -0.2) is 55.8 Å². The van der Waals surface area contributed by atoms with Gasteiger partial charge in [-0.1, -0.05) is 0 Å². The van der Waals surface area contributed by atoms with Gasteiger partial charge in [0.1, 0.15) is 23.8 Å². The fourth-order valence-corrected chi connectivity index (χ4v) is 3.48. The Bertz CT molecular complexity index is 825. The van der Waals surface area contributed by atoms with Crippen LogP contribution in [0.3, 0.4) is 0 Å². The second-order valence-electron chi connectivity index (χ2n) is 6.03. The predicted molar refractivity (Wildman–Crippen MR) is 97.8 cm³/mol. The number of anilines is 3. The summed E-state index contributed by atoms with van der Waals surface area (Å²) in [7, 11) is -1.39. The molecule has 1 fully saturated rings. The third kappa shape index (κ3) is 4.16. The van der Waals surface area contributed by atoms with Crippen molar-refractivity contribution in [1.82, 2.24) is 15.0 Å². The summed E-state index contributed by atoms with van der Waals surface area (Å²) in [6.07, 6.45) is 6.29. The lowest BCUT2D eigenvalue weighted by atomic mass is 10.2. The van der Waals surface area contributed by atoms with Crippen molar-refractivity contribution >= 4 is 27.3 Å². The van der Waals surface area contributed by atoms with Crippen molar-refractivity contribution in [3.05, 3.63) is 30.7 Å². The maximum atomic E-state index is 11.5. The van der Waals surface area contributed by atoms with E-state index in [9.17, 15) is 8.42 Å². The van der Waals surface area contributed by atoms with Gasteiger partial charge in [-0.05, 0) is 25.0 Å². The molecule has 0 amide bonds. The molecule has 3 rings (SSSR count). The number of aromatic nitrogens is 3. The molecule has 9 heteroatoms. The highest BCUT2D eigenvalue weighted by Crippen LogP contribution is 2.25. The molecule has 0 spiro atoms. The molecule has 2 aromatic heterocycles. The fourth-order valence-electron chi connectivity index (χ4n) is 2.92. The van der Waals surface area contributed by atoms with Crippen molar-refractivity contribution in [3.8, 4) is 0 Å². The first kappa shape index (κ1) is 17.4.